The molecule has 0 aromatic carbocycles. The van der Waals surface area contributed by atoms with E-state index in [2.05, 4.69) is 20.4 Å². The molecule has 1 aliphatic carbocycles. The molecule has 1 aliphatic rings. The van der Waals surface area contributed by atoms with Crippen LogP contribution in [-0.2, 0) is 0 Å². The third-order valence-electron chi connectivity index (χ3n) is 4.04. The molecule has 0 aliphatic heterocycles. The molecule has 0 bridgehead atoms. The zero-order valence-electron chi connectivity index (χ0n) is 14.2. The molecule has 0 radical (unpaired) electrons. The van der Waals surface area contributed by atoms with Crippen molar-refractivity contribution in [2.45, 2.75) is 45.1 Å². The van der Waals surface area contributed by atoms with Crippen molar-refractivity contribution in [3.8, 4) is 12.1 Å². The van der Waals surface area contributed by atoms with Gasteiger partial charge in [0.05, 0.1) is 18.3 Å². The first-order valence-electron chi connectivity index (χ1n) is 8.29. The van der Waals surface area contributed by atoms with Gasteiger partial charge in [0.15, 0.2) is 0 Å². The van der Waals surface area contributed by atoms with E-state index < -0.39 is 0 Å². The van der Waals surface area contributed by atoms with Gasteiger partial charge in [0.1, 0.15) is 0 Å². The predicted octanol–water partition coefficient (Wildman–Crippen LogP) is 1.89. The van der Waals surface area contributed by atoms with E-state index in [4.69, 9.17) is 20.8 Å². The lowest BCUT2D eigenvalue weighted by Crippen LogP contribution is -2.22. The van der Waals surface area contributed by atoms with Gasteiger partial charge in [-0.25, -0.2) is 0 Å². The Morgan fingerprint density at radius 2 is 2.20 bits per heavy atom. The lowest BCUT2D eigenvalue weighted by Gasteiger charge is -2.21. The van der Waals surface area contributed by atoms with Crippen LogP contribution in [0.5, 0.6) is 5.88 Å². The fourth-order valence-electron chi connectivity index (χ4n) is 2.70. The number of hydrogen-bond donors (Lipinski definition) is 3. The zero-order chi connectivity index (χ0) is 18.2. The van der Waals surface area contributed by atoms with Crippen LogP contribution in [0.2, 0.25) is 0 Å². The Morgan fingerprint density at radius 1 is 1.48 bits per heavy atom. The summed E-state index contributed by atoms with van der Waals surface area (Å²) < 4.78 is 5.74. The van der Waals surface area contributed by atoms with Crippen molar-refractivity contribution in [3.63, 3.8) is 0 Å². The molecule has 1 aromatic heterocycles. The van der Waals surface area contributed by atoms with E-state index in [1.807, 2.05) is 0 Å². The molecule has 1 fully saturated rings. The number of nitriles is 1. The second kappa shape index (κ2) is 8.98. The van der Waals surface area contributed by atoms with Crippen molar-refractivity contribution >= 4 is 17.5 Å². The van der Waals surface area contributed by atoms with E-state index in [0.717, 1.165) is 25.7 Å². The number of anilines is 2. The van der Waals surface area contributed by atoms with Crippen LogP contribution in [0.15, 0.2) is 5.11 Å². The summed E-state index contributed by atoms with van der Waals surface area (Å²) in [5, 5.41) is 35.6. The van der Waals surface area contributed by atoms with Crippen LogP contribution in [0.3, 0.4) is 0 Å². The SMILES string of the molecule is C[C@@H](CO)Nc1nc(N)c([N+]([O-])=NC#N)c(OCC2CCCCC2)n1. The van der Waals surface area contributed by atoms with Gasteiger partial charge in [0.25, 0.3) is 12.1 Å². The molecular formula is C15H23N7O3. The molecule has 1 atom stereocenters. The minimum absolute atomic E-state index is 0.0280. The maximum Gasteiger partial charge on any atom is 0.349 e. The standard InChI is InChI=1S/C15H23N7O3/c1-10(7-23)19-15-20-13(17)12(22(24)18-9-16)14(21-15)25-8-11-5-3-2-4-6-11/h10-11,23H,2-8H2,1H3,(H3,17,19,20,21)/t10-/m0/s1. The third-order valence-corrected chi connectivity index (χ3v) is 4.04. The van der Waals surface area contributed by atoms with Crippen molar-refractivity contribution in [3.05, 3.63) is 5.21 Å². The summed E-state index contributed by atoms with van der Waals surface area (Å²) >= 11 is 0. The van der Waals surface area contributed by atoms with Gasteiger partial charge in [-0.05, 0) is 30.5 Å². The molecule has 1 heterocycles. The highest BCUT2D eigenvalue weighted by atomic mass is 16.5. The number of nitrogens with two attached hydrogens (primary N) is 1. The number of ether oxygens (including phenoxy) is 1. The number of aromatic nitrogens is 2. The molecule has 10 heteroatoms. The molecule has 25 heavy (non-hydrogen) atoms. The molecule has 10 nitrogen and oxygen atoms in total. The number of rotatable bonds is 7. The number of nitrogen functional groups attached to an aromatic ring is 1. The van der Waals surface area contributed by atoms with Crippen LogP contribution in [-0.4, -0.2) is 39.2 Å². The molecule has 1 aromatic rings. The Hall–Kier alpha value is -2.67. The highest BCUT2D eigenvalue weighted by molar-refractivity contribution is 5.61. The number of nitrogens with zero attached hydrogens (tertiary/aromatic N) is 5. The maximum atomic E-state index is 12.0. The average Bonchev–Trinajstić information content (AvgIpc) is 2.60. The number of hydrogen-bond acceptors (Lipinski definition) is 9. The fraction of sp³-hybridized carbons (Fsp3) is 0.667. The van der Waals surface area contributed by atoms with E-state index in [1.54, 1.807) is 6.92 Å². The topological polar surface area (TPSA) is 156 Å². The first-order chi connectivity index (χ1) is 12.0. The van der Waals surface area contributed by atoms with Crippen molar-refractivity contribution in [1.82, 2.24) is 9.97 Å². The van der Waals surface area contributed by atoms with E-state index in [9.17, 15) is 5.21 Å². The van der Waals surface area contributed by atoms with E-state index in [-0.39, 0.29) is 40.8 Å². The predicted molar refractivity (Wildman–Crippen MR) is 90.0 cm³/mol. The smallest absolute Gasteiger partial charge is 0.349 e. The second-order valence-electron chi connectivity index (χ2n) is 6.10. The molecule has 0 saturated heterocycles. The quantitative estimate of drug-likeness (QED) is 0.291. The van der Waals surface area contributed by atoms with Gasteiger partial charge >= 0.3 is 5.69 Å². The highest BCUT2D eigenvalue weighted by Gasteiger charge is 2.25. The summed E-state index contributed by atoms with van der Waals surface area (Å²) in [4.78, 5) is 8.20. The van der Waals surface area contributed by atoms with Gasteiger partial charge in [0, 0.05) is 6.04 Å². The van der Waals surface area contributed by atoms with Gasteiger partial charge in [-0.15, -0.1) is 0 Å². The molecule has 1 saturated carbocycles. The monoisotopic (exact) mass is 349 g/mol. The van der Waals surface area contributed by atoms with Gasteiger partial charge < -0.3 is 26.1 Å². The number of azo groups is 1. The summed E-state index contributed by atoms with van der Waals surface area (Å²) in [6, 6.07) is -0.302. The summed E-state index contributed by atoms with van der Waals surface area (Å²) in [6.07, 6.45) is 7.07. The van der Waals surface area contributed by atoms with E-state index in [0.29, 0.717) is 12.5 Å². The fourth-order valence-corrected chi connectivity index (χ4v) is 2.70. The number of aliphatic hydroxyl groups is 1. The summed E-state index contributed by atoms with van der Waals surface area (Å²) in [5.74, 6) is 0.334. The number of nitrogens with one attached hydrogen (secondary N) is 1. The van der Waals surface area contributed by atoms with Crippen LogP contribution in [0.4, 0.5) is 17.5 Å². The van der Waals surface area contributed by atoms with E-state index in [1.165, 1.54) is 12.6 Å². The lowest BCUT2D eigenvalue weighted by atomic mass is 9.90. The molecule has 0 spiro atoms. The molecule has 0 unspecified atom stereocenters. The first kappa shape index (κ1) is 18.7. The first-order valence-corrected chi connectivity index (χ1v) is 8.29. The van der Waals surface area contributed by atoms with Gasteiger partial charge in [-0.1, -0.05) is 19.3 Å². The third kappa shape index (κ3) is 5.15. The lowest BCUT2D eigenvalue weighted by molar-refractivity contribution is -0.435. The summed E-state index contributed by atoms with van der Waals surface area (Å²) in [6.45, 7) is 2.01. The minimum Gasteiger partial charge on any atom is -0.593 e. The average molecular weight is 349 g/mol. The van der Waals surface area contributed by atoms with Gasteiger partial charge in [-0.2, -0.15) is 15.2 Å². The van der Waals surface area contributed by atoms with Crippen LogP contribution in [0, 0.1) is 22.6 Å². The van der Waals surface area contributed by atoms with Crippen molar-refractivity contribution in [2.24, 2.45) is 11.0 Å². The van der Waals surface area contributed by atoms with Crippen molar-refractivity contribution < 1.29 is 14.7 Å². The Balaban J connectivity index is 2.27. The normalized spacial score (nSPS) is 16.9. The van der Waals surface area contributed by atoms with Crippen LogP contribution in [0.1, 0.15) is 39.0 Å². The Labute approximate surface area is 145 Å². The molecule has 4 N–H and O–H groups in total. The molecule has 136 valence electrons. The summed E-state index contributed by atoms with van der Waals surface area (Å²) in [5.41, 5.74) is 5.64. The highest BCUT2D eigenvalue weighted by Crippen LogP contribution is 2.33. The minimum atomic E-state index is -0.302. The number of aliphatic hydroxyl groups excluding tert-OH is 1. The Kier molecular flexibility index (Phi) is 6.71. The van der Waals surface area contributed by atoms with Crippen molar-refractivity contribution in [1.29, 1.82) is 5.26 Å². The van der Waals surface area contributed by atoms with Crippen LogP contribution >= 0.6 is 0 Å². The van der Waals surface area contributed by atoms with Gasteiger partial charge in [-0.3, -0.25) is 0 Å². The van der Waals surface area contributed by atoms with Gasteiger partial charge in [0.2, 0.25) is 11.8 Å². The van der Waals surface area contributed by atoms with E-state index >= 15 is 0 Å². The van der Waals surface area contributed by atoms with Crippen LogP contribution in [0.25, 0.3) is 0 Å². The van der Waals surface area contributed by atoms with Crippen molar-refractivity contribution in [2.75, 3.05) is 24.3 Å². The Morgan fingerprint density at radius 3 is 2.84 bits per heavy atom. The maximum absolute atomic E-state index is 12.0. The van der Waals surface area contributed by atoms with Crippen LogP contribution < -0.4 is 15.8 Å². The largest absolute Gasteiger partial charge is 0.593 e. The summed E-state index contributed by atoms with van der Waals surface area (Å²) in [7, 11) is 0. The Bertz CT molecular complexity index is 653. The second-order valence-corrected chi connectivity index (χ2v) is 6.10. The zero-order valence-corrected chi connectivity index (χ0v) is 14.2. The molecular weight excluding hydrogens is 326 g/mol. The molecule has 2 rings (SSSR count). The molecule has 0 amide bonds.